The number of carbonyl (C=O) groups is 1. The summed E-state index contributed by atoms with van der Waals surface area (Å²) in [6.07, 6.45) is 8.11. The molecule has 0 bridgehead atoms. The molecule has 1 amide bonds. The van der Waals surface area contributed by atoms with Crippen molar-refractivity contribution >= 4 is 5.91 Å². The highest BCUT2D eigenvalue weighted by molar-refractivity contribution is 5.77. The number of carbonyl (C=O) groups excluding carboxylic acids is 1. The molecule has 0 radical (unpaired) electrons. The average Bonchev–Trinajstić information content (AvgIpc) is 2.57. The van der Waals surface area contributed by atoms with Gasteiger partial charge in [-0.1, -0.05) is 20.3 Å². The summed E-state index contributed by atoms with van der Waals surface area (Å²) in [4.78, 5) is 18.4. The third kappa shape index (κ3) is 7.10. The molecule has 4 heteroatoms. The van der Waals surface area contributed by atoms with Gasteiger partial charge < -0.3 is 9.80 Å². The summed E-state index contributed by atoms with van der Waals surface area (Å²) >= 11 is 0. The molecule has 2 fully saturated rings. The summed E-state index contributed by atoms with van der Waals surface area (Å²) in [5.74, 6) is 1.11. The van der Waals surface area contributed by atoms with Gasteiger partial charge in [0.05, 0.1) is 6.54 Å². The van der Waals surface area contributed by atoms with Gasteiger partial charge in [0.25, 0.3) is 0 Å². The van der Waals surface area contributed by atoms with Crippen molar-refractivity contribution in [2.75, 3.05) is 53.4 Å². The van der Waals surface area contributed by atoms with Gasteiger partial charge in [-0.15, -0.1) is 0 Å². The number of hydrogen-bond acceptors (Lipinski definition) is 3. The first-order valence-corrected chi connectivity index (χ1v) is 9.30. The average molecular weight is 312 g/mol. The van der Waals surface area contributed by atoms with Crippen LogP contribution in [-0.2, 0) is 4.79 Å². The van der Waals surface area contributed by atoms with Crippen LogP contribution < -0.4 is 0 Å². The zero-order valence-corrected chi connectivity index (χ0v) is 15.3. The van der Waals surface area contributed by atoms with Crippen molar-refractivity contribution in [3.05, 3.63) is 0 Å². The van der Waals surface area contributed by atoms with Gasteiger partial charge in [0.2, 0.25) is 5.91 Å². The Bertz CT molecular complexity index is 293. The van der Waals surface area contributed by atoms with Gasteiger partial charge in [0, 0.05) is 14.1 Å². The van der Waals surface area contributed by atoms with Gasteiger partial charge >= 0.3 is 0 Å². The van der Waals surface area contributed by atoms with E-state index in [9.17, 15) is 4.79 Å². The van der Waals surface area contributed by atoms with Gasteiger partial charge in [0.1, 0.15) is 0 Å². The lowest BCUT2D eigenvalue weighted by atomic mass is 9.93. The Hall–Kier alpha value is -0.610. The summed E-state index contributed by atoms with van der Waals surface area (Å²) in [6, 6.07) is 0. The number of piperidine rings is 2. The molecule has 2 aliphatic heterocycles. The molecule has 0 aromatic heterocycles. The van der Waals surface area contributed by atoms with E-state index in [-0.39, 0.29) is 5.91 Å². The van der Waals surface area contributed by atoms with Crippen LogP contribution >= 0.6 is 0 Å². The fraction of sp³-hybridized carbons (Fsp3) is 0.944. The number of amides is 1. The number of hydrogen-bond donors (Lipinski definition) is 0. The normalized spacial score (nSPS) is 21.1. The fourth-order valence-electron chi connectivity index (χ4n) is 3.31. The minimum atomic E-state index is 0.233. The van der Waals surface area contributed by atoms with Crippen LogP contribution in [0, 0.1) is 5.92 Å². The first-order chi connectivity index (χ1) is 10.6. The Balaban J connectivity index is 0.00000116. The van der Waals surface area contributed by atoms with Gasteiger partial charge in [-0.25, -0.2) is 0 Å². The molecule has 0 aromatic carbocycles. The molecular formula is C18H37N3O. The van der Waals surface area contributed by atoms with Crippen molar-refractivity contribution in [2.45, 2.75) is 52.4 Å². The lowest BCUT2D eigenvalue weighted by molar-refractivity contribution is -0.130. The second kappa shape index (κ2) is 11.0. The molecule has 0 aromatic rings. The molecule has 130 valence electrons. The topological polar surface area (TPSA) is 26.8 Å². The van der Waals surface area contributed by atoms with Crippen LogP contribution in [0.25, 0.3) is 0 Å². The molecular weight excluding hydrogens is 274 g/mol. The number of likely N-dealkylation sites (N-methyl/N-ethyl adjacent to an activating group) is 1. The summed E-state index contributed by atoms with van der Waals surface area (Å²) in [7, 11) is 3.68. The minimum absolute atomic E-state index is 0.233. The lowest BCUT2D eigenvalue weighted by Gasteiger charge is -2.34. The highest BCUT2D eigenvalue weighted by Crippen LogP contribution is 2.21. The molecule has 2 aliphatic rings. The molecule has 2 heterocycles. The molecule has 0 spiro atoms. The Morgan fingerprint density at radius 3 is 2.09 bits per heavy atom. The van der Waals surface area contributed by atoms with Gasteiger partial charge in [-0.3, -0.25) is 9.69 Å². The van der Waals surface area contributed by atoms with Crippen LogP contribution in [0.3, 0.4) is 0 Å². The van der Waals surface area contributed by atoms with E-state index < -0.39 is 0 Å². The lowest BCUT2D eigenvalue weighted by Crippen LogP contribution is -2.41. The minimum Gasteiger partial charge on any atom is -0.348 e. The van der Waals surface area contributed by atoms with Crippen molar-refractivity contribution in [1.82, 2.24) is 14.7 Å². The molecule has 0 aliphatic carbocycles. The van der Waals surface area contributed by atoms with E-state index in [1.165, 1.54) is 58.2 Å². The summed E-state index contributed by atoms with van der Waals surface area (Å²) < 4.78 is 0. The van der Waals surface area contributed by atoms with E-state index in [0.29, 0.717) is 6.54 Å². The molecule has 0 saturated carbocycles. The largest absolute Gasteiger partial charge is 0.348 e. The van der Waals surface area contributed by atoms with Crippen molar-refractivity contribution in [3.63, 3.8) is 0 Å². The van der Waals surface area contributed by atoms with Crippen LogP contribution in [0.5, 0.6) is 0 Å². The monoisotopic (exact) mass is 311 g/mol. The van der Waals surface area contributed by atoms with E-state index in [4.69, 9.17) is 0 Å². The number of nitrogens with zero attached hydrogens (tertiary/aromatic N) is 3. The van der Waals surface area contributed by atoms with Crippen LogP contribution in [0.4, 0.5) is 0 Å². The predicted molar refractivity (Wildman–Crippen MR) is 94.1 cm³/mol. The first-order valence-electron chi connectivity index (χ1n) is 9.30. The Morgan fingerprint density at radius 2 is 1.55 bits per heavy atom. The van der Waals surface area contributed by atoms with E-state index in [1.807, 2.05) is 27.9 Å². The third-order valence-electron chi connectivity index (χ3n) is 4.87. The predicted octanol–water partition coefficient (Wildman–Crippen LogP) is 2.69. The van der Waals surface area contributed by atoms with E-state index in [1.54, 1.807) is 4.90 Å². The second-order valence-corrected chi connectivity index (χ2v) is 6.70. The molecule has 0 N–H and O–H groups in total. The second-order valence-electron chi connectivity index (χ2n) is 6.70. The van der Waals surface area contributed by atoms with Crippen molar-refractivity contribution in [2.24, 2.45) is 5.92 Å². The van der Waals surface area contributed by atoms with Crippen LogP contribution in [-0.4, -0.2) is 74.0 Å². The van der Waals surface area contributed by atoms with Crippen LogP contribution in [0.15, 0.2) is 0 Å². The zero-order valence-electron chi connectivity index (χ0n) is 15.3. The number of rotatable bonds is 5. The molecule has 4 nitrogen and oxygen atoms in total. The van der Waals surface area contributed by atoms with Gasteiger partial charge in [-0.2, -0.15) is 0 Å². The van der Waals surface area contributed by atoms with Crippen molar-refractivity contribution in [3.8, 4) is 0 Å². The molecule has 0 unspecified atom stereocenters. The first kappa shape index (κ1) is 19.4. The Kier molecular flexibility index (Phi) is 9.73. The van der Waals surface area contributed by atoms with Crippen LogP contribution in [0.2, 0.25) is 0 Å². The highest BCUT2D eigenvalue weighted by atomic mass is 16.2. The Morgan fingerprint density at radius 1 is 0.955 bits per heavy atom. The van der Waals surface area contributed by atoms with Crippen LogP contribution in [0.1, 0.15) is 52.4 Å². The van der Waals surface area contributed by atoms with Crippen molar-refractivity contribution in [1.29, 1.82) is 0 Å². The molecule has 2 rings (SSSR count). The van der Waals surface area contributed by atoms with E-state index in [2.05, 4.69) is 9.80 Å². The quantitative estimate of drug-likeness (QED) is 0.781. The fourth-order valence-corrected chi connectivity index (χ4v) is 3.31. The maximum atomic E-state index is 11.7. The zero-order chi connectivity index (χ0) is 16.4. The van der Waals surface area contributed by atoms with Gasteiger partial charge in [0.15, 0.2) is 0 Å². The third-order valence-corrected chi connectivity index (χ3v) is 4.87. The Labute approximate surface area is 137 Å². The summed E-state index contributed by atoms with van der Waals surface area (Å²) in [5, 5.41) is 0. The van der Waals surface area contributed by atoms with E-state index in [0.717, 1.165) is 19.0 Å². The van der Waals surface area contributed by atoms with E-state index >= 15 is 0 Å². The summed E-state index contributed by atoms with van der Waals surface area (Å²) in [6.45, 7) is 10.7. The molecule has 2 saturated heterocycles. The SMILES string of the molecule is CC.CN(C)C(=O)CN1CCC(CCN2CCCCC2)CC1. The van der Waals surface area contributed by atoms with Crippen molar-refractivity contribution < 1.29 is 4.79 Å². The standard InChI is InChI=1S/C16H31N3O.C2H6/c1-17(2)16(20)14-19-12-7-15(8-13-19)6-11-18-9-4-3-5-10-18;1-2/h15H,3-14H2,1-2H3;1-2H3. The van der Waals surface area contributed by atoms with Gasteiger partial charge in [-0.05, 0) is 70.7 Å². The smallest absolute Gasteiger partial charge is 0.236 e. The maximum absolute atomic E-state index is 11.7. The maximum Gasteiger partial charge on any atom is 0.236 e. The summed E-state index contributed by atoms with van der Waals surface area (Å²) in [5.41, 5.74) is 0. The molecule has 22 heavy (non-hydrogen) atoms. The highest BCUT2D eigenvalue weighted by Gasteiger charge is 2.22. The number of likely N-dealkylation sites (tertiary alicyclic amines) is 2. The molecule has 0 atom stereocenters.